The molecule has 0 aliphatic rings. The molecule has 90 heavy (non-hydrogen) atoms. The van der Waals surface area contributed by atoms with Gasteiger partial charge >= 0.3 is 0 Å². The fraction of sp³-hybridized carbons (Fsp3) is 0.152. The Hall–Kier alpha value is -10.9. The van der Waals surface area contributed by atoms with E-state index < -0.39 is 0 Å². The first kappa shape index (κ1) is 59.4. The molecule has 4 heterocycles. The lowest BCUT2D eigenvalue weighted by atomic mass is 9.87. The van der Waals surface area contributed by atoms with Crippen molar-refractivity contribution in [2.24, 2.45) is 0 Å². The number of hydrogen-bond acceptors (Lipinski definition) is 11. The third-order valence-corrected chi connectivity index (χ3v) is 15.6. The van der Waals surface area contributed by atoms with E-state index in [2.05, 4.69) is 213 Å². The minimum atomic E-state index is 0.0936. The monoisotopic (exact) mass is 1180 g/mol. The lowest BCUT2D eigenvalue weighted by Gasteiger charge is -2.18. The van der Waals surface area contributed by atoms with Crippen molar-refractivity contribution in [3.8, 4) is 91.0 Å². The van der Waals surface area contributed by atoms with Crippen LogP contribution in [0.5, 0.6) is 0 Å². The lowest BCUT2D eigenvalue weighted by molar-refractivity contribution is 0.582. The van der Waals surface area contributed by atoms with Crippen LogP contribution in [0, 0.1) is 0 Å². The molecule has 10 aromatic carbocycles. The van der Waals surface area contributed by atoms with Crippen molar-refractivity contribution in [2.45, 2.75) is 78.6 Å². The molecule has 0 aliphatic heterocycles. The number of fused-ring (bicyclic) bond motifs is 3. The Morgan fingerprint density at radius 1 is 0.267 bits per heavy atom. The summed E-state index contributed by atoms with van der Waals surface area (Å²) in [5.74, 6) is 3.71. The van der Waals surface area contributed by atoms with Gasteiger partial charge in [0, 0.05) is 44.8 Å². The van der Waals surface area contributed by atoms with Gasteiger partial charge in [0.05, 0.1) is 0 Å². The van der Waals surface area contributed by atoms with Gasteiger partial charge in [-0.2, -0.15) is 0 Å². The van der Waals surface area contributed by atoms with Crippen LogP contribution in [0.2, 0.25) is 0 Å². The van der Waals surface area contributed by atoms with Gasteiger partial charge in [-0.1, -0.05) is 226 Å². The lowest BCUT2D eigenvalue weighted by Crippen LogP contribution is -2.10. The standard InChI is InChI=1S/C36H34N4O2.C24H22N2O.C19H13NO/c1-35(2,3)29-19-15-27(16-20-29)33-39-37-31(41-33)25-11-7-23(8-12-25)24-9-13-26(14-10-24)32-38-40-34(42-32)28-17-21-30(22-18-28)36(4,5)6;1-24(2,3)21-15-13-20(14-16-21)23-26-25-22(27-23)19-11-9-18(10-12-19)17-7-5-4-6-8-17;1-2-6-14(7-3-1)10-13-18-20-19-16-9-5-4-8-15(16)11-12-17(19)21-18/h7-22H,1-6H3;4-16H,1-3H3;1-13H/b;;13-10-. The predicted molar refractivity (Wildman–Crippen MR) is 363 cm³/mol. The summed E-state index contributed by atoms with van der Waals surface area (Å²) in [4.78, 5) is 4.60. The Morgan fingerprint density at radius 2 is 0.567 bits per heavy atom. The highest BCUT2D eigenvalue weighted by molar-refractivity contribution is 6.03. The topological polar surface area (TPSA) is 143 Å². The van der Waals surface area contributed by atoms with Crippen LogP contribution >= 0.6 is 0 Å². The van der Waals surface area contributed by atoms with E-state index in [9.17, 15) is 0 Å². The molecule has 0 radical (unpaired) electrons. The molecule has 0 unspecified atom stereocenters. The van der Waals surface area contributed by atoms with Crippen LogP contribution in [0.3, 0.4) is 0 Å². The van der Waals surface area contributed by atoms with E-state index in [0.717, 1.165) is 72.1 Å². The molecule has 0 saturated carbocycles. The zero-order valence-corrected chi connectivity index (χ0v) is 52.0. The van der Waals surface area contributed by atoms with Gasteiger partial charge in [0.2, 0.25) is 41.2 Å². The Kier molecular flexibility index (Phi) is 16.8. The second-order valence-electron chi connectivity index (χ2n) is 25.2. The second kappa shape index (κ2) is 25.4. The molecule has 14 rings (SSSR count). The maximum absolute atomic E-state index is 6.00. The highest BCUT2D eigenvalue weighted by atomic mass is 16.4. The van der Waals surface area contributed by atoms with E-state index in [1.165, 1.54) is 27.6 Å². The molecule has 4 aromatic heterocycles. The van der Waals surface area contributed by atoms with Crippen LogP contribution in [0.1, 0.15) is 90.5 Å². The zero-order valence-electron chi connectivity index (χ0n) is 52.0. The first-order valence-electron chi connectivity index (χ1n) is 30.2. The number of benzene rings is 10. The fourth-order valence-corrected chi connectivity index (χ4v) is 10.2. The third kappa shape index (κ3) is 13.9. The van der Waals surface area contributed by atoms with E-state index in [4.69, 9.17) is 17.7 Å². The van der Waals surface area contributed by atoms with Crippen LogP contribution in [-0.2, 0) is 16.2 Å². The largest absolute Gasteiger partial charge is 0.437 e. The van der Waals surface area contributed by atoms with E-state index in [1.54, 1.807) is 0 Å². The summed E-state index contributed by atoms with van der Waals surface area (Å²) in [5.41, 5.74) is 16.9. The molecule has 0 saturated heterocycles. The second-order valence-corrected chi connectivity index (χ2v) is 25.2. The summed E-state index contributed by atoms with van der Waals surface area (Å²) in [6.07, 6.45) is 3.91. The van der Waals surface area contributed by atoms with Gasteiger partial charge in [-0.05, 0) is 151 Å². The molecular weight excluding hydrogens is 1110 g/mol. The van der Waals surface area contributed by atoms with E-state index in [0.29, 0.717) is 41.2 Å². The van der Waals surface area contributed by atoms with Gasteiger partial charge in [0.25, 0.3) is 0 Å². The first-order valence-corrected chi connectivity index (χ1v) is 30.2. The molecule has 0 atom stereocenters. The Balaban J connectivity index is 0.000000140. The summed E-state index contributed by atoms with van der Waals surface area (Å²) in [7, 11) is 0. The van der Waals surface area contributed by atoms with Crippen LogP contribution < -0.4 is 0 Å². The van der Waals surface area contributed by atoms with Crippen molar-refractivity contribution in [3.05, 3.63) is 271 Å². The molecule has 0 bridgehead atoms. The number of hydrogen-bond donors (Lipinski definition) is 0. The van der Waals surface area contributed by atoms with Crippen LogP contribution in [-0.4, -0.2) is 35.6 Å². The Bertz CT molecular complexity index is 4560. The van der Waals surface area contributed by atoms with E-state index in [-0.39, 0.29) is 16.2 Å². The number of nitrogens with zero attached hydrogens (tertiary/aromatic N) is 7. The maximum Gasteiger partial charge on any atom is 0.248 e. The summed E-state index contributed by atoms with van der Waals surface area (Å²) < 4.78 is 23.7. The highest BCUT2D eigenvalue weighted by Gasteiger charge is 2.19. The van der Waals surface area contributed by atoms with Gasteiger partial charge in [-0.15, -0.1) is 30.6 Å². The van der Waals surface area contributed by atoms with Gasteiger partial charge in [-0.3, -0.25) is 0 Å². The minimum Gasteiger partial charge on any atom is -0.437 e. The van der Waals surface area contributed by atoms with Crippen molar-refractivity contribution >= 4 is 34.0 Å². The predicted octanol–water partition coefficient (Wildman–Crippen LogP) is 20.9. The van der Waals surface area contributed by atoms with Crippen molar-refractivity contribution in [1.29, 1.82) is 0 Å². The number of rotatable bonds is 10. The SMILES string of the molecule is C(=C/c1nc2c(ccc3ccccc32)o1)/c1ccccc1.CC(C)(C)c1ccc(-c2nnc(-c3ccc(-c4ccc(-c5nnc(-c6ccc(C(C)(C)C)cc6)o5)cc4)cc3)o2)cc1.CC(C)(C)c1ccc(-c2nnc(-c3ccc(-c4ccccc4)cc3)o2)cc1. The van der Waals surface area contributed by atoms with Gasteiger partial charge in [0.15, 0.2) is 5.58 Å². The van der Waals surface area contributed by atoms with Gasteiger partial charge in [0.1, 0.15) is 5.52 Å². The Labute approximate surface area is 524 Å². The van der Waals surface area contributed by atoms with Crippen molar-refractivity contribution in [2.75, 3.05) is 0 Å². The highest BCUT2D eigenvalue weighted by Crippen LogP contribution is 2.34. The molecular formula is C79H69N7O4. The summed E-state index contributed by atoms with van der Waals surface area (Å²) >= 11 is 0. The molecule has 11 nitrogen and oxygen atoms in total. The summed E-state index contributed by atoms with van der Waals surface area (Å²) in [6.45, 7) is 19.8. The minimum absolute atomic E-state index is 0.0936. The molecule has 14 aromatic rings. The summed E-state index contributed by atoms with van der Waals surface area (Å²) in [6, 6.07) is 82.0. The zero-order chi connectivity index (χ0) is 62.4. The molecule has 0 spiro atoms. The van der Waals surface area contributed by atoms with Gasteiger partial charge < -0.3 is 17.7 Å². The average molecular weight is 1180 g/mol. The average Bonchev–Trinajstić information content (AvgIpc) is 1.76. The van der Waals surface area contributed by atoms with Crippen LogP contribution in [0.15, 0.2) is 260 Å². The van der Waals surface area contributed by atoms with Crippen LogP contribution in [0.4, 0.5) is 0 Å². The molecule has 0 N–H and O–H groups in total. The maximum atomic E-state index is 6.00. The number of oxazole rings is 1. The van der Waals surface area contributed by atoms with Crippen molar-refractivity contribution in [1.82, 2.24) is 35.6 Å². The van der Waals surface area contributed by atoms with Crippen molar-refractivity contribution < 1.29 is 17.7 Å². The van der Waals surface area contributed by atoms with Gasteiger partial charge in [-0.25, -0.2) is 4.98 Å². The summed E-state index contributed by atoms with van der Waals surface area (Å²) in [5, 5.41) is 27.8. The smallest absolute Gasteiger partial charge is 0.248 e. The van der Waals surface area contributed by atoms with Crippen molar-refractivity contribution in [3.63, 3.8) is 0 Å². The molecule has 11 heteroatoms. The van der Waals surface area contributed by atoms with Crippen LogP contribution in [0.25, 0.3) is 125 Å². The molecule has 0 aliphatic carbocycles. The number of aromatic nitrogens is 7. The Morgan fingerprint density at radius 3 is 0.922 bits per heavy atom. The van der Waals surface area contributed by atoms with E-state index in [1.807, 2.05) is 140 Å². The molecule has 0 fully saturated rings. The fourth-order valence-electron chi connectivity index (χ4n) is 10.2. The third-order valence-electron chi connectivity index (χ3n) is 15.6. The molecule has 444 valence electrons. The van der Waals surface area contributed by atoms with E-state index >= 15 is 0 Å². The normalized spacial score (nSPS) is 11.8. The first-order chi connectivity index (χ1) is 43.4. The quantitative estimate of drug-likeness (QED) is 0.129. The molecule has 0 amide bonds.